The number of carbonyl (C=O) groups is 1. The van der Waals surface area contributed by atoms with Gasteiger partial charge in [0.25, 0.3) is 5.91 Å². The summed E-state index contributed by atoms with van der Waals surface area (Å²) in [6, 6.07) is 7.51. The van der Waals surface area contributed by atoms with Gasteiger partial charge in [0.05, 0.1) is 19.2 Å². The van der Waals surface area contributed by atoms with Gasteiger partial charge in [-0.2, -0.15) is 5.10 Å². The Morgan fingerprint density at radius 3 is 2.97 bits per heavy atom. The maximum absolute atomic E-state index is 12.7. The smallest absolute Gasteiger partial charge is 0.272 e. The van der Waals surface area contributed by atoms with Gasteiger partial charge >= 0.3 is 0 Å². The van der Waals surface area contributed by atoms with Crippen LogP contribution >= 0.6 is 12.4 Å². The Morgan fingerprint density at radius 1 is 1.41 bits per heavy atom. The summed E-state index contributed by atoms with van der Waals surface area (Å²) in [6.07, 6.45) is 4.09. The van der Waals surface area contributed by atoms with Crippen molar-refractivity contribution in [2.75, 3.05) is 20.2 Å². The standard InChI is InChI=1S/C21H26N4O3.ClH/c1-13-17-11-16(27-3)6-7-19(17)28-20(13)14(2)23-21(26)18-8-10-25(24-18)15-5-4-9-22-12-15;/h6-8,10-11,14-15,22H,4-5,9,12H2,1-3H3,(H,23,26);1H. The van der Waals surface area contributed by atoms with Gasteiger partial charge in [0.1, 0.15) is 22.8 Å². The van der Waals surface area contributed by atoms with E-state index in [0.29, 0.717) is 11.7 Å². The SMILES string of the molecule is COc1ccc2oc(C(C)NC(=O)c3ccn(C4CCCNC4)n3)c(C)c2c1.Cl. The Morgan fingerprint density at radius 2 is 2.24 bits per heavy atom. The Labute approximate surface area is 176 Å². The molecule has 7 nitrogen and oxygen atoms in total. The molecule has 29 heavy (non-hydrogen) atoms. The minimum absolute atomic E-state index is 0. The van der Waals surface area contributed by atoms with Crippen LogP contribution in [0.4, 0.5) is 0 Å². The van der Waals surface area contributed by atoms with Gasteiger partial charge in [-0.15, -0.1) is 12.4 Å². The second-order valence-corrected chi connectivity index (χ2v) is 7.33. The number of furan rings is 1. The lowest BCUT2D eigenvalue weighted by molar-refractivity contribution is 0.0929. The highest BCUT2D eigenvalue weighted by molar-refractivity contribution is 5.92. The van der Waals surface area contributed by atoms with Gasteiger partial charge in [0, 0.05) is 23.7 Å². The molecular formula is C21H27ClN4O3. The number of aryl methyl sites for hydroxylation is 1. The van der Waals surface area contributed by atoms with Crippen LogP contribution in [0, 0.1) is 6.92 Å². The van der Waals surface area contributed by atoms with E-state index in [-0.39, 0.29) is 24.4 Å². The van der Waals surface area contributed by atoms with E-state index in [4.69, 9.17) is 9.15 Å². The highest BCUT2D eigenvalue weighted by Crippen LogP contribution is 2.32. The normalized spacial score (nSPS) is 17.6. The van der Waals surface area contributed by atoms with Crippen molar-refractivity contribution in [3.63, 3.8) is 0 Å². The molecule has 0 saturated carbocycles. The van der Waals surface area contributed by atoms with Gasteiger partial charge in [0.2, 0.25) is 0 Å². The molecular weight excluding hydrogens is 392 g/mol. The molecule has 0 bridgehead atoms. The fourth-order valence-electron chi connectivity index (χ4n) is 3.82. The van der Waals surface area contributed by atoms with Crippen LogP contribution in [-0.4, -0.2) is 35.9 Å². The van der Waals surface area contributed by atoms with E-state index in [1.165, 1.54) is 0 Å². The van der Waals surface area contributed by atoms with E-state index < -0.39 is 0 Å². The average molecular weight is 419 g/mol. The number of amides is 1. The van der Waals surface area contributed by atoms with E-state index in [1.54, 1.807) is 13.2 Å². The van der Waals surface area contributed by atoms with Crippen molar-refractivity contribution < 1.29 is 13.9 Å². The van der Waals surface area contributed by atoms with Gasteiger partial charge < -0.3 is 19.8 Å². The molecule has 0 spiro atoms. The Kier molecular flexibility index (Phi) is 6.49. The van der Waals surface area contributed by atoms with E-state index in [2.05, 4.69) is 15.7 Å². The van der Waals surface area contributed by atoms with Gasteiger partial charge in [-0.1, -0.05) is 0 Å². The molecule has 2 atom stereocenters. The first-order valence-corrected chi connectivity index (χ1v) is 9.70. The van der Waals surface area contributed by atoms with Gasteiger partial charge in [-0.3, -0.25) is 9.48 Å². The molecule has 1 aliphatic rings. The van der Waals surface area contributed by atoms with Crippen LogP contribution in [0.25, 0.3) is 11.0 Å². The predicted octanol–water partition coefficient (Wildman–Crippen LogP) is 3.78. The molecule has 3 aromatic rings. The van der Waals surface area contributed by atoms with E-state index in [1.807, 2.05) is 42.9 Å². The lowest BCUT2D eigenvalue weighted by Gasteiger charge is -2.22. The molecule has 8 heteroatoms. The number of nitrogens with zero attached hydrogens (tertiary/aromatic N) is 2. The van der Waals surface area contributed by atoms with Crippen LogP contribution in [0.1, 0.15) is 53.7 Å². The summed E-state index contributed by atoms with van der Waals surface area (Å²) in [5.41, 5.74) is 2.21. The summed E-state index contributed by atoms with van der Waals surface area (Å²) in [7, 11) is 1.64. The van der Waals surface area contributed by atoms with E-state index in [9.17, 15) is 4.79 Å². The van der Waals surface area contributed by atoms with Gasteiger partial charge in [-0.25, -0.2) is 0 Å². The zero-order valence-corrected chi connectivity index (χ0v) is 17.7. The average Bonchev–Trinajstić information content (AvgIpc) is 3.34. The van der Waals surface area contributed by atoms with Crippen molar-refractivity contribution in [3.8, 4) is 5.75 Å². The Hall–Kier alpha value is -2.51. The molecule has 2 N–H and O–H groups in total. The van der Waals surface area contributed by atoms with Crippen LogP contribution in [0.2, 0.25) is 0 Å². The fraction of sp³-hybridized carbons (Fsp3) is 0.429. The lowest BCUT2D eigenvalue weighted by atomic mass is 10.1. The zero-order valence-electron chi connectivity index (χ0n) is 16.9. The summed E-state index contributed by atoms with van der Waals surface area (Å²) in [5, 5.41) is 11.8. The first kappa shape index (κ1) is 21.2. The summed E-state index contributed by atoms with van der Waals surface area (Å²) in [4.78, 5) is 12.7. The highest BCUT2D eigenvalue weighted by atomic mass is 35.5. The number of carbonyl (C=O) groups excluding carboxylic acids is 1. The number of fused-ring (bicyclic) bond motifs is 1. The molecule has 4 rings (SSSR count). The molecule has 1 saturated heterocycles. The summed E-state index contributed by atoms with van der Waals surface area (Å²) >= 11 is 0. The minimum Gasteiger partial charge on any atom is -0.497 e. The van der Waals surface area contributed by atoms with Crippen LogP contribution < -0.4 is 15.4 Å². The largest absolute Gasteiger partial charge is 0.497 e. The molecule has 0 aliphatic carbocycles. The maximum Gasteiger partial charge on any atom is 0.272 e. The monoisotopic (exact) mass is 418 g/mol. The number of benzene rings is 1. The summed E-state index contributed by atoms with van der Waals surface area (Å²) in [6.45, 7) is 5.85. The maximum atomic E-state index is 12.7. The van der Waals surface area contributed by atoms with Crippen molar-refractivity contribution in [3.05, 3.63) is 47.5 Å². The fourth-order valence-corrected chi connectivity index (χ4v) is 3.82. The molecule has 2 aromatic heterocycles. The van der Waals surface area contributed by atoms with E-state index in [0.717, 1.165) is 54.0 Å². The second kappa shape index (κ2) is 8.88. The molecule has 0 radical (unpaired) electrons. The third-order valence-corrected chi connectivity index (χ3v) is 5.41. The van der Waals surface area contributed by atoms with Gasteiger partial charge in [-0.05, 0) is 57.5 Å². The Balaban J connectivity index is 0.00000240. The molecule has 1 aromatic carbocycles. The van der Waals surface area contributed by atoms with Gasteiger partial charge in [0.15, 0.2) is 0 Å². The van der Waals surface area contributed by atoms with Crippen molar-refractivity contribution in [1.82, 2.24) is 20.4 Å². The lowest BCUT2D eigenvalue weighted by Crippen LogP contribution is -2.32. The topological polar surface area (TPSA) is 81.3 Å². The Bertz CT molecular complexity index is 991. The number of piperidine rings is 1. The highest BCUT2D eigenvalue weighted by Gasteiger charge is 2.22. The predicted molar refractivity (Wildman–Crippen MR) is 114 cm³/mol. The minimum atomic E-state index is -0.271. The zero-order chi connectivity index (χ0) is 19.7. The molecule has 1 fully saturated rings. The van der Waals surface area contributed by atoms with Crippen molar-refractivity contribution >= 4 is 29.3 Å². The summed E-state index contributed by atoms with van der Waals surface area (Å²) in [5.74, 6) is 1.32. The van der Waals surface area contributed by atoms with Crippen LogP contribution in [-0.2, 0) is 0 Å². The second-order valence-electron chi connectivity index (χ2n) is 7.33. The molecule has 1 aliphatic heterocycles. The van der Waals surface area contributed by atoms with Crippen LogP contribution in [0.15, 0.2) is 34.9 Å². The first-order chi connectivity index (χ1) is 13.6. The first-order valence-electron chi connectivity index (χ1n) is 9.70. The number of methoxy groups -OCH3 is 1. The van der Waals surface area contributed by atoms with Crippen LogP contribution in [0.3, 0.4) is 0 Å². The molecule has 3 heterocycles. The number of hydrogen-bond donors (Lipinski definition) is 2. The number of halogens is 1. The number of rotatable bonds is 5. The van der Waals surface area contributed by atoms with Crippen molar-refractivity contribution in [2.24, 2.45) is 0 Å². The summed E-state index contributed by atoms with van der Waals surface area (Å²) < 4.78 is 13.2. The van der Waals surface area contributed by atoms with Crippen molar-refractivity contribution in [1.29, 1.82) is 0 Å². The number of hydrogen-bond acceptors (Lipinski definition) is 5. The van der Waals surface area contributed by atoms with E-state index >= 15 is 0 Å². The van der Waals surface area contributed by atoms with Crippen LogP contribution in [0.5, 0.6) is 5.75 Å². The molecule has 1 amide bonds. The number of ether oxygens (including phenoxy) is 1. The molecule has 2 unspecified atom stereocenters. The number of nitrogens with one attached hydrogen (secondary N) is 2. The molecule has 156 valence electrons. The third kappa shape index (κ3) is 4.26. The van der Waals surface area contributed by atoms with Crippen molar-refractivity contribution in [2.45, 2.75) is 38.8 Å². The third-order valence-electron chi connectivity index (χ3n) is 5.41. The number of aromatic nitrogens is 2. The quantitative estimate of drug-likeness (QED) is 0.658.